The van der Waals surface area contributed by atoms with Crippen LogP contribution < -0.4 is 0 Å². The van der Waals surface area contributed by atoms with Crippen LogP contribution >= 0.6 is 0 Å². The van der Waals surface area contributed by atoms with Crippen LogP contribution in [0.5, 0.6) is 0 Å². The van der Waals surface area contributed by atoms with Crippen LogP contribution in [0.4, 0.5) is 22.0 Å². The molecule has 3 aliphatic carbocycles. The molecule has 228 valence electrons. The standard InChI is InChI=1S/C34H20F5O.C5H5.Fe/c35-29-28(30(36)32(38)33(39)31(29)37)34(40)26(22-16-6-2-7-17-22)24(20-12-4-1-5-13-20)25(21-14-10-11-15-21)27(34)23-18-8-3-9-19-23;1-2-4-5-3-1;/h1-19,40H;1-5H;/q;;+2. The first kappa shape index (κ1) is 33.8. The maximum atomic E-state index is 15.8. The van der Waals surface area contributed by atoms with Crippen LogP contribution in [0.15, 0.2) is 96.6 Å². The van der Waals surface area contributed by atoms with Crippen LogP contribution in [0.2, 0.25) is 0 Å². The van der Waals surface area contributed by atoms with E-state index in [1.54, 1.807) is 117 Å². The van der Waals surface area contributed by atoms with E-state index in [2.05, 4.69) is 0 Å². The third kappa shape index (κ3) is 6.01. The van der Waals surface area contributed by atoms with Crippen molar-refractivity contribution in [3.8, 4) is 0 Å². The fourth-order valence-corrected chi connectivity index (χ4v) is 5.87. The molecule has 4 aromatic carbocycles. The first-order chi connectivity index (χ1) is 21.9. The van der Waals surface area contributed by atoms with E-state index in [0.717, 1.165) is 0 Å². The van der Waals surface area contributed by atoms with Gasteiger partial charge in [-0.25, -0.2) is 22.0 Å². The summed E-state index contributed by atoms with van der Waals surface area (Å²) in [5.41, 5.74) is -2.02. The normalized spacial score (nSPS) is 19.7. The van der Waals surface area contributed by atoms with Crippen LogP contribution in [0, 0.1) is 92.8 Å². The van der Waals surface area contributed by atoms with Crippen molar-refractivity contribution in [2.75, 3.05) is 0 Å². The summed E-state index contributed by atoms with van der Waals surface area (Å²) in [5.74, 6) is -10.2. The van der Waals surface area contributed by atoms with E-state index in [1.807, 2.05) is 32.1 Å². The van der Waals surface area contributed by atoms with Gasteiger partial charge in [-0.2, -0.15) is 0 Å². The number of benzene rings is 4. The topological polar surface area (TPSA) is 20.2 Å². The van der Waals surface area contributed by atoms with E-state index in [9.17, 15) is 18.3 Å². The maximum absolute atomic E-state index is 15.8. The van der Waals surface area contributed by atoms with Gasteiger partial charge in [0, 0.05) is 17.1 Å². The predicted molar refractivity (Wildman–Crippen MR) is 165 cm³/mol. The third-order valence-electron chi connectivity index (χ3n) is 7.74. The molecule has 0 aromatic heterocycles. The summed E-state index contributed by atoms with van der Waals surface area (Å²) in [6, 6.07) is 25.5. The zero-order valence-corrected chi connectivity index (χ0v) is 25.2. The number of hydrogen-bond donors (Lipinski definition) is 1. The Labute approximate surface area is 277 Å². The summed E-state index contributed by atoms with van der Waals surface area (Å²) in [6.45, 7) is 0. The van der Waals surface area contributed by atoms with Crippen molar-refractivity contribution in [1.82, 2.24) is 0 Å². The minimum absolute atomic E-state index is 0. The van der Waals surface area contributed by atoms with Crippen LogP contribution in [-0.4, -0.2) is 5.11 Å². The molecule has 1 N–H and O–H groups in total. The van der Waals surface area contributed by atoms with Crippen molar-refractivity contribution in [2.24, 2.45) is 0 Å². The second-order valence-electron chi connectivity index (χ2n) is 10.4. The zero-order valence-electron chi connectivity index (χ0n) is 24.0. The van der Waals surface area contributed by atoms with E-state index in [0.29, 0.717) is 33.8 Å². The number of hydrogen-bond acceptors (Lipinski definition) is 1. The van der Waals surface area contributed by atoms with Gasteiger partial charge in [-0.3, -0.25) is 0 Å². The molecule has 10 radical (unpaired) electrons. The number of allylic oxidation sites excluding steroid dienone is 2. The van der Waals surface area contributed by atoms with E-state index in [1.165, 1.54) is 0 Å². The molecule has 7 rings (SSSR count). The Balaban J connectivity index is 0.000000635. The third-order valence-corrected chi connectivity index (χ3v) is 7.74. The quantitative estimate of drug-likeness (QED) is 0.0981. The first-order valence-electron chi connectivity index (χ1n) is 14.1. The van der Waals surface area contributed by atoms with Crippen LogP contribution in [-0.2, 0) is 22.7 Å². The van der Waals surface area contributed by atoms with E-state index in [-0.39, 0.29) is 28.2 Å². The molecule has 2 saturated carbocycles. The predicted octanol–water partition coefficient (Wildman–Crippen LogP) is 9.07. The van der Waals surface area contributed by atoms with Crippen molar-refractivity contribution in [3.05, 3.63) is 212 Å². The van der Waals surface area contributed by atoms with Crippen LogP contribution in [0.1, 0.15) is 22.3 Å². The monoisotopic (exact) mass is 660 g/mol. The fourth-order valence-electron chi connectivity index (χ4n) is 5.87. The van der Waals surface area contributed by atoms with Gasteiger partial charge in [0.25, 0.3) is 0 Å². The molecular weight excluding hydrogens is 635 g/mol. The van der Waals surface area contributed by atoms with E-state index >= 15 is 8.78 Å². The number of halogens is 5. The van der Waals surface area contributed by atoms with Crippen LogP contribution in [0.3, 0.4) is 0 Å². The summed E-state index contributed by atoms with van der Waals surface area (Å²) in [6.07, 6.45) is 17.1. The van der Waals surface area contributed by atoms with E-state index < -0.39 is 40.3 Å². The Hall–Kier alpha value is -3.51. The first-order valence-corrected chi connectivity index (χ1v) is 14.1. The van der Waals surface area contributed by atoms with Gasteiger partial charge in [0.15, 0.2) is 23.3 Å². The summed E-state index contributed by atoms with van der Waals surface area (Å²) >= 11 is 0. The Kier molecular flexibility index (Phi) is 10.7. The molecule has 2 fully saturated rings. The van der Waals surface area contributed by atoms with Gasteiger partial charge < -0.3 is 5.11 Å². The molecule has 46 heavy (non-hydrogen) atoms. The van der Waals surface area contributed by atoms with Gasteiger partial charge in [0.05, 0.1) is 5.56 Å². The summed E-state index contributed by atoms with van der Waals surface area (Å²) in [4.78, 5) is 0. The van der Waals surface area contributed by atoms with Crippen molar-refractivity contribution >= 4 is 16.7 Å². The summed E-state index contributed by atoms with van der Waals surface area (Å²) < 4.78 is 75.3. The summed E-state index contributed by atoms with van der Waals surface area (Å²) in [5, 5.41) is 12.8. The second kappa shape index (κ2) is 14.5. The fraction of sp³-hybridized carbons (Fsp3) is 0.0256. The average molecular weight is 660 g/mol. The Morgan fingerprint density at radius 1 is 0.413 bits per heavy atom. The molecule has 1 atom stereocenters. The van der Waals surface area contributed by atoms with Gasteiger partial charge in [0.1, 0.15) is 5.60 Å². The molecule has 4 aromatic rings. The smallest absolute Gasteiger partial charge is 0.376 e. The molecule has 0 aliphatic heterocycles. The van der Waals surface area contributed by atoms with Crippen molar-refractivity contribution < 1.29 is 44.1 Å². The molecular formula is C39H25F5FeO+2. The molecule has 0 saturated heterocycles. The minimum atomic E-state index is -2.79. The SMILES string of the molecule is OC1(c2c(F)c(F)c(F)c(F)c2F)C(c2ccccc2)=C([C]2[CH][CH][CH][CH]2)C(c2ccccc2)=C1c1ccccc1.[CH]1[CH][CH][CH][CH]1.[Fe+2]. The van der Waals surface area contributed by atoms with E-state index in [4.69, 9.17) is 0 Å². The molecule has 0 spiro atoms. The molecule has 7 heteroatoms. The Morgan fingerprint density at radius 3 is 1.17 bits per heavy atom. The average Bonchev–Trinajstić information content (AvgIpc) is 3.87. The molecule has 3 aliphatic rings. The van der Waals surface area contributed by atoms with Gasteiger partial charge in [-0.05, 0) is 85.6 Å². The van der Waals surface area contributed by atoms with Crippen LogP contribution in [0.25, 0.3) is 16.7 Å². The van der Waals surface area contributed by atoms with Gasteiger partial charge in [-0.1, -0.05) is 91.0 Å². The maximum Gasteiger partial charge on any atom is 2.00 e. The Morgan fingerprint density at radius 2 is 0.761 bits per heavy atom. The van der Waals surface area contributed by atoms with Gasteiger partial charge in [0.2, 0.25) is 5.82 Å². The molecule has 0 bridgehead atoms. The Bertz CT molecular complexity index is 1690. The molecule has 0 heterocycles. The van der Waals surface area contributed by atoms with Crippen molar-refractivity contribution in [3.63, 3.8) is 0 Å². The largest absolute Gasteiger partial charge is 2.00 e. The van der Waals surface area contributed by atoms with Crippen molar-refractivity contribution in [1.29, 1.82) is 0 Å². The van der Waals surface area contributed by atoms with Gasteiger partial charge in [-0.15, -0.1) is 0 Å². The minimum Gasteiger partial charge on any atom is -0.376 e. The number of rotatable bonds is 5. The van der Waals surface area contributed by atoms with Crippen molar-refractivity contribution in [2.45, 2.75) is 5.60 Å². The summed E-state index contributed by atoms with van der Waals surface area (Å²) in [7, 11) is 0. The zero-order chi connectivity index (χ0) is 31.6. The molecule has 1 unspecified atom stereocenters. The molecule has 0 amide bonds. The van der Waals surface area contributed by atoms with Gasteiger partial charge >= 0.3 is 17.1 Å². The number of aliphatic hydroxyl groups is 1. The molecule has 1 nitrogen and oxygen atoms in total. The second-order valence-corrected chi connectivity index (χ2v) is 10.4.